The average molecular weight is 320 g/mol. The molecule has 0 unspecified atom stereocenters. The van der Waals surface area contributed by atoms with Crippen LogP contribution in [0.25, 0.3) is 0 Å². The van der Waals surface area contributed by atoms with Gasteiger partial charge in [0, 0.05) is 0 Å². The number of halogens is 2. The van der Waals surface area contributed by atoms with Crippen molar-refractivity contribution in [3.8, 4) is 11.8 Å². The molecule has 0 spiro atoms. The number of carbonyl (C=O) groups excluding carboxylic acids is 1. The molecular weight excluding hydrogens is 309 g/mol. The molecule has 0 saturated carbocycles. The lowest BCUT2D eigenvalue weighted by atomic mass is 10.2. The van der Waals surface area contributed by atoms with Gasteiger partial charge in [-0.05, 0) is 35.9 Å². The van der Waals surface area contributed by atoms with Gasteiger partial charge in [0.05, 0.1) is 16.7 Å². The summed E-state index contributed by atoms with van der Waals surface area (Å²) in [5.74, 6) is -0.858. The van der Waals surface area contributed by atoms with Crippen molar-refractivity contribution < 1.29 is 18.7 Å². The van der Waals surface area contributed by atoms with Crippen molar-refractivity contribution in [1.82, 2.24) is 0 Å². The Morgan fingerprint density at radius 1 is 1.23 bits per heavy atom. The molecule has 112 valence electrons. The molecule has 0 heterocycles. The number of rotatable bonds is 5. The molecule has 0 atom stereocenters. The normalized spacial score (nSPS) is 9.86. The van der Waals surface area contributed by atoms with E-state index in [-0.39, 0.29) is 24.0 Å². The van der Waals surface area contributed by atoms with E-state index in [1.165, 1.54) is 12.1 Å². The van der Waals surface area contributed by atoms with Crippen molar-refractivity contribution in [2.75, 3.05) is 6.61 Å². The van der Waals surface area contributed by atoms with Gasteiger partial charge in [0.15, 0.2) is 6.61 Å². The lowest BCUT2D eigenvalue weighted by Gasteiger charge is -2.08. The van der Waals surface area contributed by atoms with Crippen LogP contribution in [0.4, 0.5) is 4.39 Å². The van der Waals surface area contributed by atoms with Crippen LogP contribution >= 0.6 is 11.6 Å². The van der Waals surface area contributed by atoms with Gasteiger partial charge in [0.2, 0.25) is 0 Å². The highest BCUT2D eigenvalue weighted by atomic mass is 35.5. The zero-order valence-electron chi connectivity index (χ0n) is 11.4. The maximum absolute atomic E-state index is 12.9. The summed E-state index contributed by atoms with van der Waals surface area (Å²) in [6.07, 6.45) is 0. The van der Waals surface area contributed by atoms with Gasteiger partial charge in [-0.15, -0.1) is 0 Å². The predicted molar refractivity (Wildman–Crippen MR) is 77.9 cm³/mol. The minimum atomic E-state index is -0.579. The molecule has 0 aromatic heterocycles. The fraction of sp³-hybridized carbons (Fsp3) is 0.125. The first-order valence-electron chi connectivity index (χ1n) is 6.31. The lowest BCUT2D eigenvalue weighted by molar-refractivity contribution is -0.147. The Labute approximate surface area is 131 Å². The highest BCUT2D eigenvalue weighted by Crippen LogP contribution is 2.24. The molecule has 2 aromatic rings. The molecule has 0 fully saturated rings. The number of benzene rings is 2. The van der Waals surface area contributed by atoms with E-state index >= 15 is 0 Å². The number of carbonyl (C=O) groups is 1. The van der Waals surface area contributed by atoms with E-state index in [1.54, 1.807) is 24.3 Å². The summed E-state index contributed by atoms with van der Waals surface area (Å²) in [5, 5.41) is 8.76. The fourth-order valence-electron chi connectivity index (χ4n) is 1.61. The van der Waals surface area contributed by atoms with E-state index < -0.39 is 11.8 Å². The second-order valence-electron chi connectivity index (χ2n) is 4.33. The first-order valence-corrected chi connectivity index (χ1v) is 6.69. The fourth-order valence-corrected chi connectivity index (χ4v) is 1.83. The highest BCUT2D eigenvalue weighted by molar-refractivity contribution is 6.32. The van der Waals surface area contributed by atoms with Crippen molar-refractivity contribution in [1.29, 1.82) is 5.26 Å². The lowest BCUT2D eigenvalue weighted by Crippen LogP contribution is -2.14. The van der Waals surface area contributed by atoms with Crippen molar-refractivity contribution in [3.63, 3.8) is 0 Å². The molecule has 0 radical (unpaired) electrons. The van der Waals surface area contributed by atoms with Gasteiger partial charge in [0.1, 0.15) is 18.2 Å². The number of hydrogen-bond donors (Lipinski definition) is 0. The summed E-state index contributed by atoms with van der Waals surface area (Å²) >= 11 is 5.77. The van der Waals surface area contributed by atoms with E-state index in [1.807, 2.05) is 6.07 Å². The first kappa shape index (κ1) is 15.8. The molecule has 2 rings (SSSR count). The Balaban J connectivity index is 1.81. The van der Waals surface area contributed by atoms with Crippen molar-refractivity contribution in [2.45, 2.75) is 6.61 Å². The molecule has 0 aliphatic carbocycles. The zero-order valence-corrected chi connectivity index (χ0v) is 12.1. The minimum Gasteiger partial charge on any atom is -0.480 e. The quantitative estimate of drug-likeness (QED) is 0.792. The van der Waals surface area contributed by atoms with Crippen LogP contribution in [-0.2, 0) is 16.1 Å². The van der Waals surface area contributed by atoms with E-state index in [4.69, 9.17) is 26.3 Å². The van der Waals surface area contributed by atoms with Gasteiger partial charge < -0.3 is 9.47 Å². The first-order chi connectivity index (χ1) is 10.6. The average Bonchev–Trinajstić information content (AvgIpc) is 2.52. The van der Waals surface area contributed by atoms with Gasteiger partial charge in [-0.3, -0.25) is 0 Å². The van der Waals surface area contributed by atoms with E-state index in [0.717, 1.165) is 11.6 Å². The van der Waals surface area contributed by atoms with Gasteiger partial charge in [-0.2, -0.15) is 5.26 Å². The predicted octanol–water partition coefficient (Wildman–Crippen LogP) is 3.47. The molecule has 0 bridgehead atoms. The molecule has 0 aliphatic heterocycles. The number of nitrogens with zero attached hydrogens (tertiary/aromatic N) is 1. The second kappa shape index (κ2) is 7.43. The van der Waals surface area contributed by atoms with Crippen LogP contribution in [0.5, 0.6) is 5.75 Å². The number of ether oxygens (including phenoxy) is 2. The molecule has 2 aromatic carbocycles. The van der Waals surface area contributed by atoms with Crippen molar-refractivity contribution >= 4 is 17.6 Å². The Kier molecular flexibility index (Phi) is 5.34. The Bertz CT molecular complexity index is 710. The molecule has 0 aliphatic rings. The van der Waals surface area contributed by atoms with Crippen LogP contribution in [0.1, 0.15) is 11.1 Å². The summed E-state index contributed by atoms with van der Waals surface area (Å²) in [6, 6.07) is 12.3. The summed E-state index contributed by atoms with van der Waals surface area (Å²) in [6.45, 7) is -0.257. The maximum atomic E-state index is 12.9. The molecule has 22 heavy (non-hydrogen) atoms. The van der Waals surface area contributed by atoms with E-state index in [2.05, 4.69) is 0 Å². The van der Waals surface area contributed by atoms with E-state index in [9.17, 15) is 9.18 Å². The minimum absolute atomic E-state index is 0.0745. The topological polar surface area (TPSA) is 59.3 Å². The van der Waals surface area contributed by atoms with Gasteiger partial charge in [-0.25, -0.2) is 9.18 Å². The third-order valence-corrected chi connectivity index (χ3v) is 3.02. The Morgan fingerprint density at radius 3 is 2.59 bits per heavy atom. The van der Waals surface area contributed by atoms with Gasteiger partial charge >= 0.3 is 5.97 Å². The molecule has 4 nitrogen and oxygen atoms in total. The standard InChI is InChI=1S/C16H11ClFNO3/c17-14-7-13(18)5-6-15(14)21-10-16(20)22-9-12-3-1-11(8-19)2-4-12/h1-7H,9-10H2. The van der Waals surface area contributed by atoms with E-state index in [0.29, 0.717) is 5.56 Å². The summed E-state index contributed by atoms with van der Waals surface area (Å²) in [7, 11) is 0. The number of nitriles is 1. The molecule has 6 heteroatoms. The SMILES string of the molecule is N#Cc1ccc(COC(=O)COc2ccc(F)cc2Cl)cc1. The summed E-state index contributed by atoms with van der Waals surface area (Å²) < 4.78 is 23.0. The molecule has 0 amide bonds. The zero-order chi connectivity index (χ0) is 15.9. The van der Waals surface area contributed by atoms with Crippen LogP contribution in [-0.4, -0.2) is 12.6 Å². The Hall–Kier alpha value is -2.58. The second-order valence-corrected chi connectivity index (χ2v) is 4.74. The van der Waals surface area contributed by atoms with Crippen LogP contribution in [0, 0.1) is 17.1 Å². The maximum Gasteiger partial charge on any atom is 0.344 e. The van der Waals surface area contributed by atoms with Crippen LogP contribution < -0.4 is 4.74 Å². The summed E-state index contributed by atoms with van der Waals surface area (Å²) in [5.41, 5.74) is 1.29. The molecule has 0 N–H and O–H groups in total. The van der Waals surface area contributed by atoms with Crippen molar-refractivity contribution in [3.05, 3.63) is 64.4 Å². The smallest absolute Gasteiger partial charge is 0.344 e. The largest absolute Gasteiger partial charge is 0.480 e. The number of esters is 1. The van der Waals surface area contributed by atoms with Crippen LogP contribution in [0.3, 0.4) is 0 Å². The third kappa shape index (κ3) is 4.47. The van der Waals surface area contributed by atoms with Gasteiger partial charge in [0.25, 0.3) is 0 Å². The number of hydrogen-bond acceptors (Lipinski definition) is 4. The molecule has 0 saturated heterocycles. The van der Waals surface area contributed by atoms with Gasteiger partial charge in [-0.1, -0.05) is 23.7 Å². The van der Waals surface area contributed by atoms with Crippen molar-refractivity contribution in [2.24, 2.45) is 0 Å². The highest BCUT2D eigenvalue weighted by Gasteiger charge is 2.08. The monoisotopic (exact) mass is 319 g/mol. The molecular formula is C16H11ClFNO3. The summed E-state index contributed by atoms with van der Waals surface area (Å²) in [4.78, 5) is 11.6. The third-order valence-electron chi connectivity index (χ3n) is 2.72. The van der Waals surface area contributed by atoms with Crippen LogP contribution in [0.15, 0.2) is 42.5 Å². The Morgan fingerprint density at radius 2 is 1.95 bits per heavy atom. The van der Waals surface area contributed by atoms with Crippen LogP contribution in [0.2, 0.25) is 5.02 Å².